The van der Waals surface area contributed by atoms with Crippen LogP contribution in [0, 0.1) is 5.41 Å². The number of Topliss-reactive ketones (excluding diaryl/α,β-unsaturated/α-hetero) is 1. The molecule has 0 aromatic heterocycles. The predicted molar refractivity (Wildman–Crippen MR) is 107 cm³/mol. The van der Waals surface area contributed by atoms with Crippen LogP contribution in [0.3, 0.4) is 0 Å². The summed E-state index contributed by atoms with van der Waals surface area (Å²) in [7, 11) is 1.58. The van der Waals surface area contributed by atoms with Gasteiger partial charge in [0.05, 0.1) is 24.8 Å². The zero-order valence-corrected chi connectivity index (χ0v) is 16.6. The number of carbonyl (C=O) groups is 3. The van der Waals surface area contributed by atoms with Crippen LogP contribution in [0.25, 0.3) is 0 Å². The topological polar surface area (TPSA) is 81.7 Å². The number of amides is 1. The predicted octanol–water partition coefficient (Wildman–Crippen LogP) is 3.65. The number of ether oxygens (including phenoxy) is 2. The number of anilines is 1. The number of rotatable bonds is 7. The average molecular weight is 383 g/mol. The van der Waals surface area contributed by atoms with E-state index in [1.165, 1.54) is 0 Å². The molecule has 0 aliphatic rings. The fourth-order valence-electron chi connectivity index (χ4n) is 2.32. The van der Waals surface area contributed by atoms with Crippen LogP contribution < -0.4 is 10.1 Å². The van der Waals surface area contributed by atoms with Gasteiger partial charge in [0.25, 0.3) is 0 Å². The molecule has 0 saturated carbocycles. The van der Waals surface area contributed by atoms with Crippen LogP contribution in [-0.2, 0) is 20.7 Å². The van der Waals surface area contributed by atoms with Crippen molar-refractivity contribution in [2.45, 2.75) is 27.2 Å². The minimum absolute atomic E-state index is 0.149. The second-order valence-electron chi connectivity index (χ2n) is 7.37. The molecule has 0 fully saturated rings. The smallest absolute Gasteiger partial charge is 0.340 e. The quantitative estimate of drug-likeness (QED) is 0.738. The Morgan fingerprint density at radius 2 is 1.61 bits per heavy atom. The summed E-state index contributed by atoms with van der Waals surface area (Å²) in [6.45, 7) is 4.97. The van der Waals surface area contributed by atoms with Gasteiger partial charge in [-0.2, -0.15) is 0 Å². The Morgan fingerprint density at radius 3 is 2.21 bits per heavy atom. The van der Waals surface area contributed by atoms with Crippen molar-refractivity contribution in [3.8, 4) is 5.75 Å². The molecule has 0 aliphatic carbocycles. The van der Waals surface area contributed by atoms with E-state index < -0.39 is 11.4 Å². The number of nitrogens with one attached hydrogen (secondary N) is 1. The molecule has 0 saturated heterocycles. The van der Waals surface area contributed by atoms with Crippen LogP contribution in [0.1, 0.15) is 36.7 Å². The lowest BCUT2D eigenvalue weighted by molar-refractivity contribution is -0.129. The zero-order valence-electron chi connectivity index (χ0n) is 16.6. The summed E-state index contributed by atoms with van der Waals surface area (Å²) in [5.41, 5.74) is 0.766. The number of methoxy groups -OCH3 is 1. The first-order chi connectivity index (χ1) is 13.2. The molecule has 6 nitrogen and oxygen atoms in total. The maximum absolute atomic E-state index is 12.4. The largest absolute Gasteiger partial charge is 0.497 e. The van der Waals surface area contributed by atoms with E-state index in [0.29, 0.717) is 11.4 Å². The van der Waals surface area contributed by atoms with Crippen molar-refractivity contribution in [3.05, 3.63) is 59.7 Å². The molecule has 2 aromatic carbocycles. The van der Waals surface area contributed by atoms with E-state index in [-0.39, 0.29) is 30.3 Å². The Bertz CT molecular complexity index is 850. The van der Waals surface area contributed by atoms with E-state index in [9.17, 15) is 14.4 Å². The molecule has 0 aliphatic heterocycles. The van der Waals surface area contributed by atoms with E-state index in [4.69, 9.17) is 9.47 Å². The van der Waals surface area contributed by atoms with Gasteiger partial charge in [0.2, 0.25) is 5.91 Å². The second-order valence-corrected chi connectivity index (χ2v) is 7.37. The Morgan fingerprint density at radius 1 is 0.964 bits per heavy atom. The van der Waals surface area contributed by atoms with Crippen molar-refractivity contribution in [2.75, 3.05) is 19.0 Å². The summed E-state index contributed by atoms with van der Waals surface area (Å²) in [5, 5.41) is 2.73. The summed E-state index contributed by atoms with van der Waals surface area (Å²) in [6, 6.07) is 13.7. The third-order valence-corrected chi connectivity index (χ3v) is 4.12. The van der Waals surface area contributed by atoms with Crippen molar-refractivity contribution in [3.63, 3.8) is 0 Å². The molecule has 2 rings (SSSR count). The van der Waals surface area contributed by atoms with E-state index in [1.54, 1.807) is 76.4 Å². The monoisotopic (exact) mass is 383 g/mol. The SMILES string of the molecule is COc1ccc(CC(=O)Nc2ccccc2C(=O)OCC(=O)C(C)(C)C)cc1. The molecule has 0 bridgehead atoms. The molecule has 6 heteroatoms. The summed E-state index contributed by atoms with van der Waals surface area (Å²) in [5.74, 6) is -0.391. The van der Waals surface area contributed by atoms with Gasteiger partial charge in [0.1, 0.15) is 5.75 Å². The van der Waals surface area contributed by atoms with Crippen LogP contribution in [0.4, 0.5) is 5.69 Å². The fraction of sp³-hybridized carbons (Fsp3) is 0.318. The Kier molecular flexibility index (Phi) is 6.93. The maximum Gasteiger partial charge on any atom is 0.340 e. The van der Waals surface area contributed by atoms with Gasteiger partial charge in [0.15, 0.2) is 12.4 Å². The molecule has 28 heavy (non-hydrogen) atoms. The Hall–Kier alpha value is -3.15. The van der Waals surface area contributed by atoms with Crippen LogP contribution in [0.15, 0.2) is 48.5 Å². The van der Waals surface area contributed by atoms with Crippen molar-refractivity contribution in [1.29, 1.82) is 0 Å². The highest BCUT2D eigenvalue weighted by Gasteiger charge is 2.23. The molecule has 0 unspecified atom stereocenters. The zero-order chi connectivity index (χ0) is 20.7. The standard InChI is InChI=1S/C22H25NO5/c1-22(2,3)19(24)14-28-21(26)17-7-5-6-8-18(17)23-20(25)13-15-9-11-16(27-4)12-10-15/h5-12H,13-14H2,1-4H3,(H,23,25). The summed E-state index contributed by atoms with van der Waals surface area (Å²) >= 11 is 0. The Labute approximate surface area is 164 Å². The number of benzene rings is 2. The molecular weight excluding hydrogens is 358 g/mol. The summed E-state index contributed by atoms with van der Waals surface area (Å²) in [6.07, 6.45) is 0.149. The number of esters is 1. The van der Waals surface area contributed by atoms with E-state index >= 15 is 0 Å². The first-order valence-electron chi connectivity index (χ1n) is 8.93. The number of hydrogen-bond acceptors (Lipinski definition) is 5. The average Bonchev–Trinajstić information content (AvgIpc) is 2.66. The maximum atomic E-state index is 12.4. The van der Waals surface area contributed by atoms with Gasteiger partial charge in [0, 0.05) is 5.41 Å². The highest BCUT2D eigenvalue weighted by atomic mass is 16.5. The van der Waals surface area contributed by atoms with Gasteiger partial charge < -0.3 is 14.8 Å². The molecule has 1 amide bonds. The number of hydrogen-bond donors (Lipinski definition) is 1. The molecule has 0 radical (unpaired) electrons. The van der Waals surface area contributed by atoms with Crippen LogP contribution >= 0.6 is 0 Å². The third kappa shape index (κ3) is 5.94. The molecule has 0 heterocycles. The second kappa shape index (κ2) is 9.17. The van der Waals surface area contributed by atoms with Crippen LogP contribution in [-0.4, -0.2) is 31.4 Å². The Balaban J connectivity index is 2.03. The van der Waals surface area contributed by atoms with Crippen molar-refractivity contribution >= 4 is 23.3 Å². The number of ketones is 1. The highest BCUT2D eigenvalue weighted by Crippen LogP contribution is 2.19. The van der Waals surface area contributed by atoms with Gasteiger partial charge in [-0.05, 0) is 29.8 Å². The first-order valence-corrected chi connectivity index (χ1v) is 8.93. The third-order valence-electron chi connectivity index (χ3n) is 4.12. The minimum atomic E-state index is -0.655. The number of carbonyl (C=O) groups excluding carboxylic acids is 3. The summed E-state index contributed by atoms with van der Waals surface area (Å²) in [4.78, 5) is 36.7. The van der Waals surface area contributed by atoms with Gasteiger partial charge in [-0.25, -0.2) is 4.79 Å². The molecular formula is C22H25NO5. The fourth-order valence-corrected chi connectivity index (χ4v) is 2.32. The van der Waals surface area contributed by atoms with Crippen molar-refractivity contribution in [2.24, 2.45) is 5.41 Å². The van der Waals surface area contributed by atoms with Gasteiger partial charge >= 0.3 is 5.97 Å². The van der Waals surface area contributed by atoms with E-state index in [1.807, 2.05) is 0 Å². The molecule has 0 spiro atoms. The molecule has 0 atom stereocenters. The van der Waals surface area contributed by atoms with Gasteiger partial charge in [-0.3, -0.25) is 9.59 Å². The van der Waals surface area contributed by atoms with Crippen molar-refractivity contribution in [1.82, 2.24) is 0 Å². The molecule has 1 N–H and O–H groups in total. The lowest BCUT2D eigenvalue weighted by atomic mass is 9.91. The lowest BCUT2D eigenvalue weighted by Crippen LogP contribution is -2.26. The lowest BCUT2D eigenvalue weighted by Gasteiger charge is -2.16. The summed E-state index contributed by atoms with van der Waals surface area (Å²) < 4.78 is 10.2. The van der Waals surface area contributed by atoms with E-state index in [0.717, 1.165) is 5.56 Å². The first kappa shape index (κ1) is 21.2. The van der Waals surface area contributed by atoms with Crippen molar-refractivity contribution < 1.29 is 23.9 Å². The highest BCUT2D eigenvalue weighted by molar-refractivity contribution is 6.02. The van der Waals surface area contributed by atoms with Crippen LogP contribution in [0.5, 0.6) is 5.75 Å². The van der Waals surface area contributed by atoms with Gasteiger partial charge in [-0.1, -0.05) is 45.0 Å². The number of para-hydroxylation sites is 1. The van der Waals surface area contributed by atoms with Crippen LogP contribution in [0.2, 0.25) is 0 Å². The minimum Gasteiger partial charge on any atom is -0.497 e. The molecule has 148 valence electrons. The van der Waals surface area contributed by atoms with E-state index in [2.05, 4.69) is 5.32 Å². The molecule has 2 aromatic rings. The normalized spacial score (nSPS) is 10.9. The van der Waals surface area contributed by atoms with Gasteiger partial charge in [-0.15, -0.1) is 0 Å².